The maximum Gasteiger partial charge on any atom is 0.117 e. The minimum Gasteiger partial charge on any atom is -0.468 e. The van der Waals surface area contributed by atoms with Crippen molar-refractivity contribution < 1.29 is 9.15 Å². The third-order valence-corrected chi connectivity index (χ3v) is 2.16. The number of hydrogen-bond acceptors (Lipinski definition) is 3. The lowest BCUT2D eigenvalue weighted by Gasteiger charge is -2.04. The average Bonchev–Trinajstić information content (AvgIpc) is 2.75. The van der Waals surface area contributed by atoms with Crippen LogP contribution in [-0.4, -0.2) is 19.8 Å². The molecule has 0 saturated heterocycles. The van der Waals surface area contributed by atoms with Gasteiger partial charge in [-0.2, -0.15) is 0 Å². The molecular weight excluding hydrogens is 190 g/mol. The van der Waals surface area contributed by atoms with Gasteiger partial charge in [0.2, 0.25) is 0 Å². The van der Waals surface area contributed by atoms with Crippen molar-refractivity contribution in [2.24, 2.45) is 0 Å². The van der Waals surface area contributed by atoms with Crippen molar-refractivity contribution >= 4 is 0 Å². The van der Waals surface area contributed by atoms with E-state index in [0.717, 1.165) is 38.5 Å². The van der Waals surface area contributed by atoms with Crippen LogP contribution in [0.25, 0.3) is 0 Å². The fourth-order valence-electron chi connectivity index (χ4n) is 1.27. The highest BCUT2D eigenvalue weighted by Crippen LogP contribution is 1.98. The zero-order valence-corrected chi connectivity index (χ0v) is 9.50. The molecule has 0 aliphatic carbocycles. The number of nitrogens with one attached hydrogen (secondary N) is 1. The highest BCUT2D eigenvalue weighted by molar-refractivity contribution is 4.97. The predicted molar refractivity (Wildman–Crippen MR) is 60.8 cm³/mol. The Labute approximate surface area is 91.8 Å². The van der Waals surface area contributed by atoms with E-state index >= 15 is 0 Å². The minimum absolute atomic E-state index is 0.808. The molecule has 1 aromatic rings. The number of rotatable bonds is 9. The van der Waals surface area contributed by atoms with Crippen molar-refractivity contribution in [1.82, 2.24) is 5.32 Å². The van der Waals surface area contributed by atoms with E-state index in [-0.39, 0.29) is 0 Å². The summed E-state index contributed by atoms with van der Waals surface area (Å²) in [5.41, 5.74) is 0. The lowest BCUT2D eigenvalue weighted by molar-refractivity contribution is 0.128. The number of furan rings is 1. The van der Waals surface area contributed by atoms with Crippen LogP contribution in [0.4, 0.5) is 0 Å². The second-order valence-electron chi connectivity index (χ2n) is 3.58. The van der Waals surface area contributed by atoms with Crippen LogP contribution in [0.5, 0.6) is 0 Å². The van der Waals surface area contributed by atoms with Crippen LogP contribution in [0.1, 0.15) is 31.9 Å². The fraction of sp³-hybridized carbons (Fsp3) is 0.667. The van der Waals surface area contributed by atoms with Gasteiger partial charge in [0.1, 0.15) is 5.76 Å². The average molecular weight is 211 g/mol. The lowest BCUT2D eigenvalue weighted by Crippen LogP contribution is -2.16. The summed E-state index contributed by atoms with van der Waals surface area (Å²) in [4.78, 5) is 0. The van der Waals surface area contributed by atoms with Crippen LogP contribution >= 0.6 is 0 Å². The van der Waals surface area contributed by atoms with E-state index in [0.29, 0.717) is 0 Å². The second kappa shape index (κ2) is 8.50. The molecule has 0 bridgehead atoms. The Morgan fingerprint density at radius 1 is 1.33 bits per heavy atom. The smallest absolute Gasteiger partial charge is 0.117 e. The Morgan fingerprint density at radius 2 is 2.20 bits per heavy atom. The predicted octanol–water partition coefficient (Wildman–Crippen LogP) is 2.58. The first kappa shape index (κ1) is 12.3. The highest BCUT2D eigenvalue weighted by atomic mass is 16.5. The molecular formula is C12H21NO2. The van der Waals surface area contributed by atoms with Crippen LogP contribution in [-0.2, 0) is 11.3 Å². The van der Waals surface area contributed by atoms with Crippen molar-refractivity contribution in [3.05, 3.63) is 24.2 Å². The third kappa shape index (κ3) is 6.31. The zero-order chi connectivity index (χ0) is 10.8. The molecule has 0 aromatic carbocycles. The van der Waals surface area contributed by atoms with Crippen LogP contribution in [0.2, 0.25) is 0 Å². The SMILES string of the molecule is CCCCOCCCNCc1ccco1. The first-order valence-corrected chi connectivity index (χ1v) is 5.74. The molecule has 0 amide bonds. The van der Waals surface area contributed by atoms with E-state index in [2.05, 4.69) is 12.2 Å². The van der Waals surface area contributed by atoms with Gasteiger partial charge < -0.3 is 14.5 Å². The van der Waals surface area contributed by atoms with E-state index in [9.17, 15) is 0 Å². The van der Waals surface area contributed by atoms with E-state index in [4.69, 9.17) is 9.15 Å². The summed E-state index contributed by atoms with van der Waals surface area (Å²) < 4.78 is 10.6. The molecule has 0 saturated carbocycles. The summed E-state index contributed by atoms with van der Waals surface area (Å²) in [6.07, 6.45) is 5.13. The standard InChI is InChI=1S/C12H21NO2/c1-2-3-8-14-9-5-7-13-11-12-6-4-10-15-12/h4,6,10,13H,2-3,5,7-9,11H2,1H3. The summed E-state index contributed by atoms with van der Waals surface area (Å²) >= 11 is 0. The molecule has 0 spiro atoms. The number of hydrogen-bond donors (Lipinski definition) is 1. The molecule has 3 nitrogen and oxygen atoms in total. The van der Waals surface area contributed by atoms with Crippen LogP contribution in [0.15, 0.2) is 22.8 Å². The Balaban J connectivity index is 1.81. The highest BCUT2D eigenvalue weighted by Gasteiger charge is 1.94. The van der Waals surface area contributed by atoms with Gasteiger partial charge in [-0.3, -0.25) is 0 Å². The Bertz CT molecular complexity index is 222. The Kier molecular flexibility index (Phi) is 6.96. The molecule has 0 radical (unpaired) electrons. The van der Waals surface area contributed by atoms with Gasteiger partial charge in [0.25, 0.3) is 0 Å². The molecule has 0 aliphatic heterocycles. The fourth-order valence-corrected chi connectivity index (χ4v) is 1.27. The monoisotopic (exact) mass is 211 g/mol. The molecule has 3 heteroatoms. The van der Waals surface area contributed by atoms with Crippen molar-refractivity contribution in [1.29, 1.82) is 0 Å². The summed E-state index contributed by atoms with van der Waals surface area (Å²) in [5.74, 6) is 0.988. The van der Waals surface area contributed by atoms with E-state index in [1.54, 1.807) is 6.26 Å². The normalized spacial score (nSPS) is 10.7. The molecule has 0 aliphatic rings. The lowest BCUT2D eigenvalue weighted by atomic mass is 10.3. The van der Waals surface area contributed by atoms with E-state index in [1.807, 2.05) is 12.1 Å². The van der Waals surface area contributed by atoms with Crippen molar-refractivity contribution in [3.63, 3.8) is 0 Å². The number of ether oxygens (including phenoxy) is 1. The van der Waals surface area contributed by atoms with Crippen LogP contribution in [0, 0.1) is 0 Å². The molecule has 0 fully saturated rings. The summed E-state index contributed by atoms with van der Waals surface area (Å²) in [5, 5.41) is 3.30. The van der Waals surface area contributed by atoms with Crippen molar-refractivity contribution in [3.8, 4) is 0 Å². The van der Waals surface area contributed by atoms with Gasteiger partial charge in [-0.05, 0) is 31.5 Å². The maximum atomic E-state index is 5.45. The van der Waals surface area contributed by atoms with Crippen LogP contribution in [0.3, 0.4) is 0 Å². The topological polar surface area (TPSA) is 34.4 Å². The van der Waals surface area contributed by atoms with Gasteiger partial charge in [-0.15, -0.1) is 0 Å². The van der Waals surface area contributed by atoms with Gasteiger partial charge in [0.15, 0.2) is 0 Å². The maximum absolute atomic E-state index is 5.45. The summed E-state index contributed by atoms with van der Waals surface area (Å²) in [6.45, 7) is 5.71. The molecule has 86 valence electrons. The summed E-state index contributed by atoms with van der Waals surface area (Å²) in [6, 6.07) is 3.88. The minimum atomic E-state index is 0.808. The van der Waals surface area contributed by atoms with Gasteiger partial charge in [0.05, 0.1) is 12.8 Å². The molecule has 0 unspecified atom stereocenters. The molecule has 1 N–H and O–H groups in total. The van der Waals surface area contributed by atoms with Crippen LogP contribution < -0.4 is 5.32 Å². The van der Waals surface area contributed by atoms with Crippen molar-refractivity contribution in [2.45, 2.75) is 32.7 Å². The summed E-state index contributed by atoms with van der Waals surface area (Å²) in [7, 11) is 0. The second-order valence-corrected chi connectivity index (χ2v) is 3.58. The molecule has 15 heavy (non-hydrogen) atoms. The first-order chi connectivity index (χ1) is 7.43. The molecule has 0 atom stereocenters. The molecule has 1 heterocycles. The van der Waals surface area contributed by atoms with Crippen molar-refractivity contribution in [2.75, 3.05) is 19.8 Å². The Morgan fingerprint density at radius 3 is 2.93 bits per heavy atom. The van der Waals surface area contributed by atoms with E-state index < -0.39 is 0 Å². The van der Waals surface area contributed by atoms with Gasteiger partial charge >= 0.3 is 0 Å². The quantitative estimate of drug-likeness (QED) is 0.637. The van der Waals surface area contributed by atoms with Gasteiger partial charge in [0, 0.05) is 13.2 Å². The number of unbranched alkanes of at least 4 members (excludes halogenated alkanes) is 1. The van der Waals surface area contributed by atoms with Gasteiger partial charge in [-0.1, -0.05) is 13.3 Å². The van der Waals surface area contributed by atoms with E-state index in [1.165, 1.54) is 12.8 Å². The van der Waals surface area contributed by atoms with Gasteiger partial charge in [-0.25, -0.2) is 0 Å². The first-order valence-electron chi connectivity index (χ1n) is 5.74. The Hall–Kier alpha value is -0.800. The zero-order valence-electron chi connectivity index (χ0n) is 9.50. The largest absolute Gasteiger partial charge is 0.468 e. The molecule has 1 aromatic heterocycles. The molecule has 1 rings (SSSR count). The third-order valence-electron chi connectivity index (χ3n) is 2.16.